The number of amides is 1. The lowest BCUT2D eigenvalue weighted by molar-refractivity contribution is -0.385. The first kappa shape index (κ1) is 16.1. The van der Waals surface area contributed by atoms with E-state index >= 15 is 0 Å². The highest BCUT2D eigenvalue weighted by Gasteiger charge is 2.19. The number of fused-ring (bicyclic) bond motifs is 1. The van der Waals surface area contributed by atoms with Crippen molar-refractivity contribution in [2.75, 3.05) is 12.1 Å². The number of nitrogens with zero attached hydrogens (tertiary/aromatic N) is 2. The van der Waals surface area contributed by atoms with E-state index < -0.39 is 4.92 Å². The van der Waals surface area contributed by atoms with Gasteiger partial charge in [0, 0.05) is 40.4 Å². The SMILES string of the molecule is Cc1cnc(NC(=O)C=Cc2cc([N+](=O)[O-])cc3c2OCOC3)s1. The van der Waals surface area contributed by atoms with Crippen LogP contribution in [0.15, 0.2) is 24.4 Å². The van der Waals surface area contributed by atoms with E-state index in [1.165, 1.54) is 35.6 Å². The number of rotatable bonds is 4. The molecule has 0 spiro atoms. The number of carbonyl (C=O) groups excluding carboxylic acids is 1. The third-order valence-electron chi connectivity index (χ3n) is 3.20. The summed E-state index contributed by atoms with van der Waals surface area (Å²) in [6.07, 6.45) is 4.43. The maximum atomic E-state index is 12.0. The Hall–Kier alpha value is -2.78. The van der Waals surface area contributed by atoms with Gasteiger partial charge in [-0.2, -0.15) is 0 Å². The molecule has 0 fully saturated rings. The van der Waals surface area contributed by atoms with Crippen LogP contribution in [-0.4, -0.2) is 22.6 Å². The van der Waals surface area contributed by atoms with Crippen molar-refractivity contribution < 1.29 is 19.2 Å². The molecule has 0 radical (unpaired) electrons. The normalized spacial score (nSPS) is 13.4. The highest BCUT2D eigenvalue weighted by Crippen LogP contribution is 2.33. The highest BCUT2D eigenvalue weighted by atomic mass is 32.1. The van der Waals surface area contributed by atoms with Gasteiger partial charge < -0.3 is 9.47 Å². The second-order valence-corrected chi connectivity index (χ2v) is 6.22. The van der Waals surface area contributed by atoms with Crippen LogP contribution in [0.3, 0.4) is 0 Å². The van der Waals surface area contributed by atoms with Crippen LogP contribution < -0.4 is 10.1 Å². The van der Waals surface area contributed by atoms with Crippen molar-refractivity contribution in [3.63, 3.8) is 0 Å². The Morgan fingerprint density at radius 1 is 1.50 bits per heavy atom. The van der Waals surface area contributed by atoms with Gasteiger partial charge >= 0.3 is 0 Å². The molecule has 0 unspecified atom stereocenters. The molecule has 0 bridgehead atoms. The van der Waals surface area contributed by atoms with Gasteiger partial charge in [0.15, 0.2) is 11.9 Å². The van der Waals surface area contributed by atoms with Crippen LogP contribution in [0, 0.1) is 17.0 Å². The van der Waals surface area contributed by atoms with Gasteiger partial charge in [-0.3, -0.25) is 20.2 Å². The summed E-state index contributed by atoms with van der Waals surface area (Å²) in [6.45, 7) is 2.18. The maximum absolute atomic E-state index is 12.0. The minimum Gasteiger partial charge on any atom is -0.467 e. The molecular formula is C15H13N3O5S. The summed E-state index contributed by atoms with van der Waals surface area (Å²) in [5.41, 5.74) is 0.942. The Morgan fingerprint density at radius 2 is 2.33 bits per heavy atom. The number of benzene rings is 1. The Balaban J connectivity index is 1.84. The van der Waals surface area contributed by atoms with Crippen LogP contribution >= 0.6 is 11.3 Å². The zero-order chi connectivity index (χ0) is 17.1. The van der Waals surface area contributed by atoms with Gasteiger partial charge in [-0.05, 0) is 13.0 Å². The first-order valence-corrected chi connectivity index (χ1v) is 7.78. The average molecular weight is 347 g/mol. The molecule has 2 heterocycles. The van der Waals surface area contributed by atoms with Crippen molar-refractivity contribution in [1.29, 1.82) is 0 Å². The van der Waals surface area contributed by atoms with Gasteiger partial charge in [0.2, 0.25) is 5.91 Å². The van der Waals surface area contributed by atoms with Gasteiger partial charge in [-0.25, -0.2) is 4.98 Å². The third kappa shape index (κ3) is 3.58. The summed E-state index contributed by atoms with van der Waals surface area (Å²) in [6, 6.07) is 2.77. The molecule has 1 amide bonds. The van der Waals surface area contributed by atoms with E-state index in [4.69, 9.17) is 9.47 Å². The topological polar surface area (TPSA) is 104 Å². The minimum absolute atomic E-state index is 0.0657. The summed E-state index contributed by atoms with van der Waals surface area (Å²) in [7, 11) is 0. The van der Waals surface area contributed by atoms with Crippen LogP contribution in [0.4, 0.5) is 10.8 Å². The van der Waals surface area contributed by atoms with Crippen LogP contribution in [0.2, 0.25) is 0 Å². The summed E-state index contributed by atoms with van der Waals surface area (Å²) in [4.78, 5) is 27.5. The molecule has 8 nitrogen and oxygen atoms in total. The molecular weight excluding hydrogens is 334 g/mol. The van der Waals surface area contributed by atoms with Gasteiger partial charge in [-0.15, -0.1) is 11.3 Å². The Morgan fingerprint density at radius 3 is 3.04 bits per heavy atom. The fraction of sp³-hybridized carbons (Fsp3) is 0.200. The van der Waals surface area contributed by atoms with Crippen LogP contribution in [0.1, 0.15) is 16.0 Å². The van der Waals surface area contributed by atoms with Crippen molar-refractivity contribution in [3.8, 4) is 5.75 Å². The molecule has 2 aromatic rings. The number of hydrogen-bond acceptors (Lipinski definition) is 7. The van der Waals surface area contributed by atoms with E-state index in [1.807, 2.05) is 6.92 Å². The summed E-state index contributed by atoms with van der Waals surface area (Å²) >= 11 is 1.36. The van der Waals surface area contributed by atoms with Crippen LogP contribution in [0.25, 0.3) is 6.08 Å². The fourth-order valence-corrected chi connectivity index (χ4v) is 2.85. The maximum Gasteiger partial charge on any atom is 0.270 e. The van der Waals surface area contributed by atoms with Gasteiger partial charge in [0.25, 0.3) is 5.69 Å². The number of hydrogen-bond donors (Lipinski definition) is 1. The molecule has 9 heteroatoms. The predicted molar refractivity (Wildman–Crippen MR) is 87.9 cm³/mol. The molecule has 0 saturated carbocycles. The smallest absolute Gasteiger partial charge is 0.270 e. The summed E-state index contributed by atoms with van der Waals surface area (Å²) < 4.78 is 10.5. The average Bonchev–Trinajstić information content (AvgIpc) is 2.97. The number of carbonyl (C=O) groups is 1. The molecule has 24 heavy (non-hydrogen) atoms. The van der Waals surface area contributed by atoms with E-state index in [-0.39, 0.29) is 25.0 Å². The molecule has 0 aliphatic carbocycles. The number of aromatic nitrogens is 1. The second-order valence-electron chi connectivity index (χ2n) is 4.99. The number of nitrogens with one attached hydrogen (secondary N) is 1. The van der Waals surface area contributed by atoms with Crippen molar-refractivity contribution in [1.82, 2.24) is 4.98 Å². The van der Waals surface area contributed by atoms with E-state index in [0.717, 1.165) is 4.88 Å². The Kier molecular flexibility index (Phi) is 4.54. The zero-order valence-corrected chi connectivity index (χ0v) is 13.5. The van der Waals surface area contributed by atoms with Crippen LogP contribution in [-0.2, 0) is 16.1 Å². The minimum atomic E-state index is -0.495. The van der Waals surface area contributed by atoms with Crippen LogP contribution in [0.5, 0.6) is 5.75 Å². The molecule has 1 aromatic carbocycles. The lowest BCUT2D eigenvalue weighted by Crippen LogP contribution is -2.13. The molecule has 1 N–H and O–H groups in total. The quantitative estimate of drug-likeness (QED) is 0.518. The monoisotopic (exact) mass is 347 g/mol. The largest absolute Gasteiger partial charge is 0.467 e. The third-order valence-corrected chi connectivity index (χ3v) is 4.03. The lowest BCUT2D eigenvalue weighted by Gasteiger charge is -2.19. The molecule has 1 aromatic heterocycles. The second kappa shape index (κ2) is 6.77. The Labute approximate surface area is 140 Å². The first-order valence-electron chi connectivity index (χ1n) is 6.96. The highest BCUT2D eigenvalue weighted by molar-refractivity contribution is 7.15. The lowest BCUT2D eigenvalue weighted by atomic mass is 10.1. The molecule has 0 atom stereocenters. The van der Waals surface area contributed by atoms with Crippen molar-refractivity contribution in [3.05, 3.63) is 50.5 Å². The number of non-ortho nitro benzene ring substituents is 1. The van der Waals surface area contributed by atoms with E-state index in [1.54, 1.807) is 6.20 Å². The fourth-order valence-electron chi connectivity index (χ4n) is 2.19. The van der Waals surface area contributed by atoms with Gasteiger partial charge in [-0.1, -0.05) is 0 Å². The summed E-state index contributed by atoms with van der Waals surface area (Å²) in [5, 5.41) is 14.2. The van der Waals surface area contributed by atoms with Crippen molar-refractivity contribution in [2.24, 2.45) is 0 Å². The van der Waals surface area contributed by atoms with Crippen molar-refractivity contribution in [2.45, 2.75) is 13.5 Å². The standard InChI is InChI=1S/C15H13N3O5S/c1-9-6-16-15(24-9)17-13(19)3-2-10-4-12(18(20)21)5-11-7-22-8-23-14(10)11/h2-6H,7-8H2,1H3,(H,16,17,19). The van der Waals surface area contributed by atoms with Gasteiger partial charge in [0.1, 0.15) is 5.75 Å². The molecule has 0 saturated heterocycles. The van der Waals surface area contributed by atoms with E-state index in [9.17, 15) is 14.9 Å². The number of ether oxygens (including phenoxy) is 2. The summed E-state index contributed by atoms with van der Waals surface area (Å²) in [5.74, 6) is 0.109. The predicted octanol–water partition coefficient (Wildman–Crippen LogP) is 2.88. The number of anilines is 1. The molecule has 124 valence electrons. The van der Waals surface area contributed by atoms with Crippen molar-refractivity contribution >= 4 is 34.1 Å². The zero-order valence-electron chi connectivity index (χ0n) is 12.6. The van der Waals surface area contributed by atoms with E-state index in [2.05, 4.69) is 10.3 Å². The molecule has 3 rings (SSSR count). The molecule has 1 aliphatic heterocycles. The number of nitro benzene ring substituents is 1. The first-order chi connectivity index (χ1) is 11.5. The number of aryl methyl sites for hydroxylation is 1. The number of nitro groups is 1. The molecule has 1 aliphatic rings. The van der Waals surface area contributed by atoms with Gasteiger partial charge in [0.05, 0.1) is 11.5 Å². The van der Waals surface area contributed by atoms with E-state index in [0.29, 0.717) is 22.0 Å². The number of thiazole rings is 1. The Bertz CT molecular complexity index is 831.